The van der Waals surface area contributed by atoms with Crippen LogP contribution in [0.3, 0.4) is 0 Å². The Balaban J connectivity index is 1.49. The number of hydrogen-bond donors (Lipinski definition) is 2. The summed E-state index contributed by atoms with van der Waals surface area (Å²) in [6.07, 6.45) is 1.94. The predicted molar refractivity (Wildman–Crippen MR) is 108 cm³/mol. The van der Waals surface area contributed by atoms with Crippen LogP contribution in [-0.4, -0.2) is 42.9 Å². The predicted octanol–water partition coefficient (Wildman–Crippen LogP) is 2.60. The van der Waals surface area contributed by atoms with Crippen molar-refractivity contribution in [3.63, 3.8) is 0 Å². The first-order valence-corrected chi connectivity index (χ1v) is 10.9. The van der Waals surface area contributed by atoms with Gasteiger partial charge in [0.05, 0.1) is 4.90 Å². The SMILES string of the molecule is Cc1ccc(S(=O)(=O)N2CCC(NC(=O)CCc3ccccc3O)CC2)cc1. The Morgan fingerprint density at radius 1 is 1.11 bits per heavy atom. The van der Waals surface area contributed by atoms with E-state index in [-0.39, 0.29) is 17.7 Å². The number of carbonyl (C=O) groups excluding carboxylic acids is 1. The number of rotatable bonds is 6. The Morgan fingerprint density at radius 3 is 2.39 bits per heavy atom. The van der Waals surface area contributed by atoms with Crippen molar-refractivity contribution < 1.29 is 18.3 Å². The van der Waals surface area contributed by atoms with E-state index in [0.717, 1.165) is 11.1 Å². The van der Waals surface area contributed by atoms with E-state index < -0.39 is 10.0 Å². The molecule has 0 spiro atoms. The lowest BCUT2D eigenvalue weighted by atomic mass is 10.1. The standard InChI is InChI=1S/C21H26N2O4S/c1-16-6-9-19(10-7-16)28(26,27)23-14-12-18(13-15-23)22-21(25)11-8-17-4-2-3-5-20(17)24/h2-7,9-10,18,24H,8,11-15H2,1H3,(H,22,25). The van der Waals surface area contributed by atoms with Crippen LogP contribution in [0.5, 0.6) is 5.75 Å². The van der Waals surface area contributed by atoms with Crippen molar-refractivity contribution in [3.05, 3.63) is 59.7 Å². The highest BCUT2D eigenvalue weighted by atomic mass is 32.2. The summed E-state index contributed by atoms with van der Waals surface area (Å²) < 4.78 is 27.0. The van der Waals surface area contributed by atoms with E-state index >= 15 is 0 Å². The zero-order valence-corrected chi connectivity index (χ0v) is 16.8. The molecule has 1 aliphatic heterocycles. The molecular formula is C21H26N2O4S. The van der Waals surface area contributed by atoms with Crippen molar-refractivity contribution in [1.29, 1.82) is 0 Å². The fourth-order valence-corrected chi connectivity index (χ4v) is 4.84. The number of phenolic OH excluding ortho intramolecular Hbond substituents is 1. The van der Waals surface area contributed by atoms with Gasteiger partial charge in [0.25, 0.3) is 0 Å². The van der Waals surface area contributed by atoms with Gasteiger partial charge in [0.1, 0.15) is 5.75 Å². The summed E-state index contributed by atoms with van der Waals surface area (Å²) in [5.41, 5.74) is 1.76. The molecule has 0 unspecified atom stereocenters. The van der Waals surface area contributed by atoms with Crippen LogP contribution in [-0.2, 0) is 21.2 Å². The second-order valence-electron chi connectivity index (χ2n) is 7.19. The van der Waals surface area contributed by atoms with Crippen molar-refractivity contribution in [2.24, 2.45) is 0 Å². The Morgan fingerprint density at radius 2 is 1.75 bits per heavy atom. The number of benzene rings is 2. The van der Waals surface area contributed by atoms with Gasteiger partial charge < -0.3 is 10.4 Å². The molecule has 6 nitrogen and oxygen atoms in total. The summed E-state index contributed by atoms with van der Waals surface area (Å²) in [6.45, 7) is 2.70. The largest absolute Gasteiger partial charge is 0.508 e. The number of phenols is 1. The zero-order valence-electron chi connectivity index (χ0n) is 16.0. The molecule has 2 aromatic carbocycles. The minimum absolute atomic E-state index is 0.0265. The summed E-state index contributed by atoms with van der Waals surface area (Å²) >= 11 is 0. The molecule has 0 saturated carbocycles. The number of piperidine rings is 1. The third-order valence-electron chi connectivity index (χ3n) is 5.09. The third-order valence-corrected chi connectivity index (χ3v) is 7.00. The van der Waals surface area contributed by atoms with Gasteiger partial charge in [-0.15, -0.1) is 0 Å². The van der Waals surface area contributed by atoms with Gasteiger partial charge in [-0.25, -0.2) is 8.42 Å². The fourth-order valence-electron chi connectivity index (χ4n) is 3.37. The zero-order chi connectivity index (χ0) is 20.1. The quantitative estimate of drug-likeness (QED) is 0.778. The monoisotopic (exact) mass is 402 g/mol. The number of hydrogen-bond acceptors (Lipinski definition) is 4. The van der Waals surface area contributed by atoms with Crippen molar-refractivity contribution >= 4 is 15.9 Å². The first kappa shape index (κ1) is 20.4. The van der Waals surface area contributed by atoms with E-state index in [1.165, 1.54) is 4.31 Å². The molecule has 1 amide bonds. The van der Waals surface area contributed by atoms with E-state index in [9.17, 15) is 18.3 Å². The minimum atomic E-state index is -3.49. The molecule has 1 aliphatic rings. The summed E-state index contributed by atoms with van der Waals surface area (Å²) in [5.74, 6) is 0.119. The van der Waals surface area contributed by atoms with Crippen LogP contribution in [0.15, 0.2) is 53.4 Å². The average molecular weight is 403 g/mol. The molecule has 0 radical (unpaired) electrons. The highest BCUT2D eigenvalue weighted by Crippen LogP contribution is 2.21. The van der Waals surface area contributed by atoms with Gasteiger partial charge in [-0.2, -0.15) is 4.31 Å². The van der Waals surface area contributed by atoms with Crippen LogP contribution in [0.1, 0.15) is 30.4 Å². The van der Waals surface area contributed by atoms with Gasteiger partial charge in [0.15, 0.2) is 0 Å². The first-order chi connectivity index (χ1) is 13.4. The number of para-hydroxylation sites is 1. The molecule has 2 N–H and O–H groups in total. The molecular weight excluding hydrogens is 376 g/mol. The molecule has 0 aromatic heterocycles. The Hall–Kier alpha value is -2.38. The Bertz CT molecular complexity index is 918. The number of carbonyl (C=O) groups is 1. The molecule has 1 saturated heterocycles. The van der Waals surface area contributed by atoms with E-state index in [2.05, 4.69) is 5.32 Å². The van der Waals surface area contributed by atoms with Crippen LogP contribution in [0.25, 0.3) is 0 Å². The lowest BCUT2D eigenvalue weighted by Gasteiger charge is -2.31. The van der Waals surface area contributed by atoms with Crippen LogP contribution >= 0.6 is 0 Å². The van der Waals surface area contributed by atoms with Crippen LogP contribution < -0.4 is 5.32 Å². The fraction of sp³-hybridized carbons (Fsp3) is 0.381. The van der Waals surface area contributed by atoms with E-state index in [0.29, 0.717) is 43.7 Å². The smallest absolute Gasteiger partial charge is 0.243 e. The summed E-state index contributed by atoms with van der Waals surface area (Å²) in [4.78, 5) is 12.5. The van der Waals surface area contributed by atoms with Gasteiger partial charge in [-0.05, 0) is 49.9 Å². The first-order valence-electron chi connectivity index (χ1n) is 9.49. The second kappa shape index (κ2) is 8.75. The number of nitrogens with one attached hydrogen (secondary N) is 1. The number of amides is 1. The molecule has 28 heavy (non-hydrogen) atoms. The Kier molecular flexibility index (Phi) is 6.36. The summed E-state index contributed by atoms with van der Waals surface area (Å²) in [7, 11) is -3.49. The van der Waals surface area contributed by atoms with Gasteiger partial charge >= 0.3 is 0 Å². The van der Waals surface area contributed by atoms with Crippen LogP contribution in [0.2, 0.25) is 0 Å². The van der Waals surface area contributed by atoms with E-state index in [4.69, 9.17) is 0 Å². The molecule has 2 aromatic rings. The average Bonchev–Trinajstić information content (AvgIpc) is 2.68. The van der Waals surface area contributed by atoms with Crippen molar-refractivity contribution in [2.45, 2.75) is 43.5 Å². The molecule has 1 fully saturated rings. The van der Waals surface area contributed by atoms with Gasteiger partial charge in [-0.3, -0.25) is 4.79 Å². The minimum Gasteiger partial charge on any atom is -0.508 e. The van der Waals surface area contributed by atoms with E-state index in [1.54, 1.807) is 42.5 Å². The maximum absolute atomic E-state index is 12.7. The molecule has 1 heterocycles. The topological polar surface area (TPSA) is 86.7 Å². The van der Waals surface area contributed by atoms with Crippen molar-refractivity contribution in [1.82, 2.24) is 9.62 Å². The molecule has 0 aliphatic carbocycles. The number of sulfonamides is 1. The molecule has 7 heteroatoms. The lowest BCUT2D eigenvalue weighted by molar-refractivity contribution is -0.122. The Labute approximate surface area is 166 Å². The maximum Gasteiger partial charge on any atom is 0.243 e. The van der Waals surface area contributed by atoms with Crippen molar-refractivity contribution in [2.75, 3.05) is 13.1 Å². The number of aryl methyl sites for hydroxylation is 2. The lowest BCUT2D eigenvalue weighted by Crippen LogP contribution is -2.46. The molecule has 0 atom stereocenters. The van der Waals surface area contributed by atoms with Gasteiger partial charge in [0.2, 0.25) is 15.9 Å². The normalized spacial score (nSPS) is 16.0. The second-order valence-corrected chi connectivity index (χ2v) is 9.13. The van der Waals surface area contributed by atoms with Gasteiger partial charge in [-0.1, -0.05) is 35.9 Å². The molecule has 3 rings (SSSR count). The molecule has 0 bridgehead atoms. The summed E-state index contributed by atoms with van der Waals surface area (Å²) in [6, 6.07) is 13.8. The highest BCUT2D eigenvalue weighted by molar-refractivity contribution is 7.89. The van der Waals surface area contributed by atoms with Crippen LogP contribution in [0.4, 0.5) is 0 Å². The van der Waals surface area contributed by atoms with E-state index in [1.807, 2.05) is 13.0 Å². The molecule has 150 valence electrons. The highest BCUT2D eigenvalue weighted by Gasteiger charge is 2.29. The number of nitrogens with zero attached hydrogens (tertiary/aromatic N) is 1. The van der Waals surface area contributed by atoms with Crippen LogP contribution in [0, 0.1) is 6.92 Å². The third kappa shape index (κ3) is 4.91. The number of aromatic hydroxyl groups is 1. The maximum atomic E-state index is 12.7. The van der Waals surface area contributed by atoms with Gasteiger partial charge in [0, 0.05) is 25.6 Å². The summed E-state index contributed by atoms with van der Waals surface area (Å²) in [5, 5.41) is 12.8. The van der Waals surface area contributed by atoms with Crippen molar-refractivity contribution in [3.8, 4) is 5.75 Å².